The van der Waals surface area contributed by atoms with E-state index in [-0.39, 0.29) is 24.4 Å². The molecule has 2 atom stereocenters. The molecule has 2 aliphatic rings. The molecule has 1 aliphatic heterocycles. The lowest BCUT2D eigenvalue weighted by Crippen LogP contribution is -2.41. The molecule has 1 saturated heterocycles. The molecule has 25 heavy (non-hydrogen) atoms. The first-order valence-electron chi connectivity index (χ1n) is 8.53. The highest BCUT2D eigenvalue weighted by Gasteiger charge is 2.55. The van der Waals surface area contributed by atoms with Crippen LogP contribution in [0.15, 0.2) is 24.3 Å². The van der Waals surface area contributed by atoms with Crippen LogP contribution in [0, 0.1) is 11.3 Å². The molecule has 1 aliphatic carbocycles. The number of hydrogen-bond acceptors (Lipinski definition) is 3. The Labute approximate surface area is 146 Å². The molecule has 3 N–H and O–H groups in total. The van der Waals surface area contributed by atoms with E-state index in [9.17, 15) is 19.5 Å². The number of carboxylic acid groups (broad SMARTS) is 1. The SMILES string of the molecule is CNC(=O)c1cccc(CNC(=O)N2C[C@@H]3CCC[C@@]3(C(=O)O)C2)c1. The molecule has 1 aromatic carbocycles. The number of hydrogen-bond donors (Lipinski definition) is 3. The number of nitrogens with zero attached hydrogens (tertiary/aromatic N) is 1. The summed E-state index contributed by atoms with van der Waals surface area (Å²) in [6, 6.07) is 6.80. The molecule has 3 rings (SSSR count). The van der Waals surface area contributed by atoms with E-state index >= 15 is 0 Å². The molecule has 0 radical (unpaired) electrons. The molecule has 0 bridgehead atoms. The number of amides is 3. The van der Waals surface area contributed by atoms with Crippen LogP contribution in [0.1, 0.15) is 35.2 Å². The van der Waals surface area contributed by atoms with E-state index in [2.05, 4.69) is 10.6 Å². The maximum atomic E-state index is 12.4. The van der Waals surface area contributed by atoms with E-state index in [1.54, 1.807) is 30.1 Å². The van der Waals surface area contributed by atoms with Crippen LogP contribution in [0.5, 0.6) is 0 Å². The summed E-state index contributed by atoms with van der Waals surface area (Å²) in [5.41, 5.74) is 0.591. The Morgan fingerprint density at radius 3 is 2.84 bits per heavy atom. The maximum Gasteiger partial charge on any atom is 0.317 e. The lowest BCUT2D eigenvalue weighted by atomic mass is 9.81. The van der Waals surface area contributed by atoms with Crippen molar-refractivity contribution in [2.75, 3.05) is 20.1 Å². The van der Waals surface area contributed by atoms with Gasteiger partial charge in [0.1, 0.15) is 0 Å². The number of urea groups is 1. The summed E-state index contributed by atoms with van der Waals surface area (Å²) in [6.45, 7) is 1.07. The first-order valence-corrected chi connectivity index (χ1v) is 8.53. The van der Waals surface area contributed by atoms with Crippen molar-refractivity contribution < 1.29 is 19.5 Å². The second-order valence-electron chi connectivity index (χ2n) is 6.87. The van der Waals surface area contributed by atoms with E-state index in [4.69, 9.17) is 0 Å². The van der Waals surface area contributed by atoms with Gasteiger partial charge in [0.05, 0.1) is 5.41 Å². The number of nitrogens with one attached hydrogen (secondary N) is 2. The second-order valence-corrected chi connectivity index (χ2v) is 6.87. The fourth-order valence-corrected chi connectivity index (χ4v) is 4.05. The van der Waals surface area contributed by atoms with E-state index in [0.29, 0.717) is 25.1 Å². The Bertz CT molecular complexity index is 705. The molecular formula is C18H23N3O4. The Morgan fingerprint density at radius 2 is 2.16 bits per heavy atom. The highest BCUT2D eigenvalue weighted by molar-refractivity contribution is 5.94. The number of carboxylic acids is 1. The number of benzene rings is 1. The molecule has 3 amide bonds. The number of carbonyl (C=O) groups is 3. The van der Waals surface area contributed by atoms with Gasteiger partial charge in [-0.3, -0.25) is 9.59 Å². The summed E-state index contributed by atoms with van der Waals surface area (Å²) in [6.07, 6.45) is 2.42. The number of rotatable bonds is 4. The lowest BCUT2D eigenvalue weighted by Gasteiger charge is -2.23. The lowest BCUT2D eigenvalue weighted by molar-refractivity contribution is -0.149. The molecule has 2 fully saturated rings. The van der Waals surface area contributed by atoms with Gasteiger partial charge >= 0.3 is 12.0 Å². The van der Waals surface area contributed by atoms with Crippen LogP contribution in [0.3, 0.4) is 0 Å². The van der Waals surface area contributed by atoms with Crippen molar-refractivity contribution in [3.05, 3.63) is 35.4 Å². The smallest absolute Gasteiger partial charge is 0.317 e. The number of carbonyl (C=O) groups excluding carboxylic acids is 2. The summed E-state index contributed by atoms with van der Waals surface area (Å²) in [7, 11) is 1.57. The predicted molar refractivity (Wildman–Crippen MR) is 91.1 cm³/mol. The summed E-state index contributed by atoms with van der Waals surface area (Å²) >= 11 is 0. The first-order chi connectivity index (χ1) is 12.0. The molecule has 1 aromatic rings. The molecule has 7 nitrogen and oxygen atoms in total. The van der Waals surface area contributed by atoms with Gasteiger partial charge in [-0.05, 0) is 36.5 Å². The van der Waals surface area contributed by atoms with Gasteiger partial charge in [0, 0.05) is 32.2 Å². The van der Waals surface area contributed by atoms with Gasteiger partial charge in [0.2, 0.25) is 0 Å². The van der Waals surface area contributed by atoms with Gasteiger partial charge in [-0.15, -0.1) is 0 Å². The fraction of sp³-hybridized carbons (Fsp3) is 0.500. The topological polar surface area (TPSA) is 98.7 Å². The fourth-order valence-electron chi connectivity index (χ4n) is 4.05. The standard InChI is InChI=1S/C18H23N3O4/c1-19-15(22)13-5-2-4-12(8-13)9-20-17(25)21-10-14-6-3-7-18(14,11-21)16(23)24/h2,4-5,8,14H,3,6-7,9-11H2,1H3,(H,19,22)(H,20,25)(H,23,24)/t14-,18+/m0/s1. The molecule has 7 heteroatoms. The van der Waals surface area contributed by atoms with Crippen molar-refractivity contribution in [3.63, 3.8) is 0 Å². The minimum atomic E-state index is -0.788. The summed E-state index contributed by atoms with van der Waals surface area (Å²) in [5, 5.41) is 15.0. The van der Waals surface area contributed by atoms with E-state index in [0.717, 1.165) is 18.4 Å². The zero-order chi connectivity index (χ0) is 18.0. The van der Waals surface area contributed by atoms with Gasteiger partial charge in [0.15, 0.2) is 0 Å². The molecule has 0 spiro atoms. The van der Waals surface area contributed by atoms with Gasteiger partial charge < -0.3 is 20.6 Å². The van der Waals surface area contributed by atoms with Crippen molar-refractivity contribution in [3.8, 4) is 0 Å². The van der Waals surface area contributed by atoms with Crippen LogP contribution in [-0.4, -0.2) is 48.1 Å². The molecule has 134 valence electrons. The van der Waals surface area contributed by atoms with Crippen molar-refractivity contribution in [2.45, 2.75) is 25.8 Å². The van der Waals surface area contributed by atoms with Crippen LogP contribution in [0.25, 0.3) is 0 Å². The normalized spacial score (nSPS) is 24.7. The molecule has 0 aromatic heterocycles. The Kier molecular flexibility index (Phi) is 4.65. The zero-order valence-electron chi connectivity index (χ0n) is 14.2. The third-order valence-corrected chi connectivity index (χ3v) is 5.44. The predicted octanol–water partition coefficient (Wildman–Crippen LogP) is 1.44. The summed E-state index contributed by atoms with van der Waals surface area (Å²) in [4.78, 5) is 37.4. The maximum absolute atomic E-state index is 12.4. The molecule has 1 saturated carbocycles. The van der Waals surface area contributed by atoms with Crippen LogP contribution in [0.4, 0.5) is 4.79 Å². The minimum absolute atomic E-state index is 0.0485. The number of likely N-dealkylation sites (tertiary alicyclic amines) is 1. The third kappa shape index (κ3) is 3.18. The molecule has 1 heterocycles. The Morgan fingerprint density at radius 1 is 1.36 bits per heavy atom. The van der Waals surface area contributed by atoms with E-state index < -0.39 is 11.4 Å². The van der Waals surface area contributed by atoms with Crippen molar-refractivity contribution in [1.29, 1.82) is 0 Å². The van der Waals surface area contributed by atoms with Crippen molar-refractivity contribution in [2.24, 2.45) is 11.3 Å². The van der Waals surface area contributed by atoms with E-state index in [1.165, 1.54) is 0 Å². The van der Waals surface area contributed by atoms with Crippen LogP contribution >= 0.6 is 0 Å². The van der Waals surface area contributed by atoms with Crippen LogP contribution < -0.4 is 10.6 Å². The van der Waals surface area contributed by atoms with Crippen molar-refractivity contribution >= 4 is 17.9 Å². The van der Waals surface area contributed by atoms with Crippen LogP contribution in [0.2, 0.25) is 0 Å². The van der Waals surface area contributed by atoms with Gasteiger partial charge in [0.25, 0.3) is 5.91 Å². The van der Waals surface area contributed by atoms with Crippen molar-refractivity contribution in [1.82, 2.24) is 15.5 Å². The molecular weight excluding hydrogens is 322 g/mol. The second kappa shape index (κ2) is 6.74. The third-order valence-electron chi connectivity index (χ3n) is 5.44. The number of aliphatic carboxylic acids is 1. The molecule has 0 unspecified atom stereocenters. The average molecular weight is 345 g/mol. The van der Waals surface area contributed by atoms with Gasteiger partial charge in [-0.2, -0.15) is 0 Å². The van der Waals surface area contributed by atoms with Gasteiger partial charge in [-0.1, -0.05) is 18.6 Å². The highest BCUT2D eigenvalue weighted by atomic mass is 16.4. The average Bonchev–Trinajstić information content (AvgIpc) is 3.17. The number of fused-ring (bicyclic) bond motifs is 1. The monoisotopic (exact) mass is 345 g/mol. The first kappa shape index (κ1) is 17.3. The Balaban J connectivity index is 1.61. The minimum Gasteiger partial charge on any atom is -0.481 e. The summed E-state index contributed by atoms with van der Waals surface area (Å²) in [5.74, 6) is -0.917. The van der Waals surface area contributed by atoms with Crippen LogP contribution in [-0.2, 0) is 11.3 Å². The van der Waals surface area contributed by atoms with E-state index in [1.807, 2.05) is 6.07 Å². The largest absolute Gasteiger partial charge is 0.481 e. The summed E-state index contributed by atoms with van der Waals surface area (Å²) < 4.78 is 0. The zero-order valence-corrected chi connectivity index (χ0v) is 14.2. The highest BCUT2D eigenvalue weighted by Crippen LogP contribution is 2.48. The Hall–Kier alpha value is -2.57. The quantitative estimate of drug-likeness (QED) is 0.769. The van der Waals surface area contributed by atoms with Gasteiger partial charge in [-0.25, -0.2) is 4.79 Å².